The highest BCUT2D eigenvalue weighted by molar-refractivity contribution is 5.56. The monoisotopic (exact) mass is 268 g/mol. The molecule has 0 aromatic heterocycles. The van der Waals surface area contributed by atoms with Crippen LogP contribution in [0.4, 0.5) is 0 Å². The minimum atomic E-state index is -0.0166. The topological polar surface area (TPSA) is 24.8 Å². The fourth-order valence-electron chi connectivity index (χ4n) is 3.22. The van der Waals surface area contributed by atoms with Crippen LogP contribution in [0.2, 0.25) is 0 Å². The number of hydrogen-bond acceptors (Lipinski definition) is 3. The standard InChI is InChI=1S/C16H32N2O/c1-5-8-9-10-13-17-18-14-11-12-15(18)16(6-2,7-3)19-4/h13,15H,5-12,14H2,1-4H3. The second kappa shape index (κ2) is 8.57. The maximum Gasteiger partial charge on any atom is 0.0892 e. The first-order valence-corrected chi connectivity index (χ1v) is 8.08. The molecule has 0 aromatic carbocycles. The zero-order valence-corrected chi connectivity index (χ0v) is 13.3. The van der Waals surface area contributed by atoms with Crippen LogP contribution in [-0.2, 0) is 4.74 Å². The van der Waals surface area contributed by atoms with Crippen molar-refractivity contribution in [1.82, 2.24) is 5.01 Å². The second-order valence-corrected chi connectivity index (χ2v) is 5.59. The third-order valence-electron chi connectivity index (χ3n) is 4.60. The van der Waals surface area contributed by atoms with E-state index in [0.717, 1.165) is 25.8 Å². The smallest absolute Gasteiger partial charge is 0.0892 e. The lowest BCUT2D eigenvalue weighted by Crippen LogP contribution is -2.48. The van der Waals surface area contributed by atoms with Crippen LogP contribution in [0.15, 0.2) is 5.10 Å². The summed E-state index contributed by atoms with van der Waals surface area (Å²) < 4.78 is 5.88. The van der Waals surface area contributed by atoms with E-state index in [4.69, 9.17) is 9.84 Å². The van der Waals surface area contributed by atoms with E-state index in [1.807, 2.05) is 7.11 Å². The number of unbranched alkanes of at least 4 members (excludes halogenated alkanes) is 3. The van der Waals surface area contributed by atoms with E-state index in [0.29, 0.717) is 6.04 Å². The molecule has 0 saturated carbocycles. The predicted octanol–water partition coefficient (Wildman–Crippen LogP) is 4.22. The van der Waals surface area contributed by atoms with Crippen LogP contribution in [-0.4, -0.2) is 36.5 Å². The van der Waals surface area contributed by atoms with Gasteiger partial charge < -0.3 is 4.74 Å². The van der Waals surface area contributed by atoms with Crippen molar-refractivity contribution in [3.8, 4) is 0 Å². The molecular weight excluding hydrogens is 236 g/mol. The molecule has 19 heavy (non-hydrogen) atoms. The first kappa shape index (κ1) is 16.5. The molecule has 1 heterocycles. The Morgan fingerprint density at radius 1 is 1.26 bits per heavy atom. The van der Waals surface area contributed by atoms with Gasteiger partial charge in [-0.2, -0.15) is 5.10 Å². The number of rotatable bonds is 9. The minimum absolute atomic E-state index is 0.0166. The van der Waals surface area contributed by atoms with Crippen LogP contribution >= 0.6 is 0 Å². The fraction of sp³-hybridized carbons (Fsp3) is 0.938. The largest absolute Gasteiger partial charge is 0.376 e. The van der Waals surface area contributed by atoms with Crippen molar-refractivity contribution < 1.29 is 4.74 Å². The van der Waals surface area contributed by atoms with Gasteiger partial charge in [-0.1, -0.05) is 33.6 Å². The van der Waals surface area contributed by atoms with E-state index in [9.17, 15) is 0 Å². The van der Waals surface area contributed by atoms with Gasteiger partial charge >= 0.3 is 0 Å². The summed E-state index contributed by atoms with van der Waals surface area (Å²) in [6.07, 6.45) is 11.6. The first-order valence-electron chi connectivity index (χ1n) is 8.08. The molecule has 1 rings (SSSR count). The lowest BCUT2D eigenvalue weighted by atomic mass is 9.87. The molecule has 0 amide bonds. The van der Waals surface area contributed by atoms with Crippen molar-refractivity contribution in [3.63, 3.8) is 0 Å². The summed E-state index contributed by atoms with van der Waals surface area (Å²) in [5.74, 6) is 0. The van der Waals surface area contributed by atoms with Gasteiger partial charge in [0.2, 0.25) is 0 Å². The average molecular weight is 268 g/mol. The molecule has 0 aliphatic carbocycles. The molecule has 0 spiro atoms. The number of ether oxygens (including phenoxy) is 1. The van der Waals surface area contributed by atoms with E-state index in [1.165, 1.54) is 32.1 Å². The van der Waals surface area contributed by atoms with Crippen molar-refractivity contribution in [2.75, 3.05) is 13.7 Å². The van der Waals surface area contributed by atoms with E-state index in [1.54, 1.807) is 0 Å². The molecule has 1 aliphatic heterocycles. The lowest BCUT2D eigenvalue weighted by molar-refractivity contribution is -0.0731. The molecule has 0 N–H and O–H groups in total. The summed E-state index contributed by atoms with van der Waals surface area (Å²) in [5, 5.41) is 6.99. The van der Waals surface area contributed by atoms with Gasteiger partial charge in [0.15, 0.2) is 0 Å². The summed E-state index contributed by atoms with van der Waals surface area (Å²) in [6.45, 7) is 7.78. The Morgan fingerprint density at radius 2 is 2.00 bits per heavy atom. The van der Waals surface area contributed by atoms with Crippen LogP contribution in [0.5, 0.6) is 0 Å². The van der Waals surface area contributed by atoms with Crippen LogP contribution in [0.25, 0.3) is 0 Å². The Hall–Kier alpha value is -0.570. The van der Waals surface area contributed by atoms with Gasteiger partial charge in [0.25, 0.3) is 0 Å². The summed E-state index contributed by atoms with van der Waals surface area (Å²) in [7, 11) is 1.86. The normalized spacial score (nSPS) is 20.6. The van der Waals surface area contributed by atoms with Gasteiger partial charge in [0.1, 0.15) is 0 Å². The Labute approximate surface area is 119 Å². The summed E-state index contributed by atoms with van der Waals surface area (Å²) in [5.41, 5.74) is -0.0166. The Kier molecular flexibility index (Phi) is 7.44. The third-order valence-corrected chi connectivity index (χ3v) is 4.60. The highest BCUT2D eigenvalue weighted by Gasteiger charge is 2.41. The molecule has 0 radical (unpaired) electrons. The Balaban J connectivity index is 2.57. The van der Waals surface area contributed by atoms with Crippen molar-refractivity contribution >= 4 is 6.21 Å². The number of hydrogen-bond donors (Lipinski definition) is 0. The molecule has 3 heteroatoms. The van der Waals surface area contributed by atoms with Gasteiger partial charge in [-0.3, -0.25) is 5.01 Å². The van der Waals surface area contributed by atoms with E-state index in [-0.39, 0.29) is 5.60 Å². The molecule has 1 atom stereocenters. The average Bonchev–Trinajstić information content (AvgIpc) is 2.90. The summed E-state index contributed by atoms with van der Waals surface area (Å²) in [6, 6.07) is 0.454. The number of nitrogens with zero attached hydrogens (tertiary/aromatic N) is 2. The molecule has 1 saturated heterocycles. The SMILES string of the molecule is CCCCCC=NN1CCCC1C(CC)(CC)OC. The number of methoxy groups -OCH3 is 1. The third kappa shape index (κ3) is 4.20. The van der Waals surface area contributed by atoms with Gasteiger partial charge in [-0.15, -0.1) is 0 Å². The van der Waals surface area contributed by atoms with Crippen LogP contribution in [0.3, 0.4) is 0 Å². The molecule has 1 unspecified atom stereocenters. The number of hydrazone groups is 1. The van der Waals surface area contributed by atoms with Crippen molar-refractivity contribution in [1.29, 1.82) is 0 Å². The fourth-order valence-corrected chi connectivity index (χ4v) is 3.22. The zero-order chi connectivity index (χ0) is 14.1. The van der Waals surface area contributed by atoms with Crippen molar-refractivity contribution in [2.45, 2.75) is 83.8 Å². The predicted molar refractivity (Wildman–Crippen MR) is 82.7 cm³/mol. The molecule has 1 fully saturated rings. The van der Waals surface area contributed by atoms with Gasteiger partial charge in [0.05, 0.1) is 11.6 Å². The summed E-state index contributed by atoms with van der Waals surface area (Å²) in [4.78, 5) is 0. The molecule has 0 aromatic rings. The maximum atomic E-state index is 5.88. The van der Waals surface area contributed by atoms with E-state index >= 15 is 0 Å². The van der Waals surface area contributed by atoms with Crippen LogP contribution in [0.1, 0.15) is 72.1 Å². The highest BCUT2D eigenvalue weighted by Crippen LogP contribution is 2.34. The van der Waals surface area contributed by atoms with Crippen molar-refractivity contribution in [2.24, 2.45) is 5.10 Å². The van der Waals surface area contributed by atoms with E-state index < -0.39 is 0 Å². The Bertz CT molecular complexity index is 253. The maximum absolute atomic E-state index is 5.88. The summed E-state index contributed by atoms with van der Waals surface area (Å²) >= 11 is 0. The van der Waals surface area contributed by atoms with Crippen molar-refractivity contribution in [3.05, 3.63) is 0 Å². The quantitative estimate of drug-likeness (QED) is 0.462. The lowest BCUT2D eigenvalue weighted by Gasteiger charge is -2.39. The van der Waals surface area contributed by atoms with Gasteiger partial charge in [-0.25, -0.2) is 0 Å². The van der Waals surface area contributed by atoms with E-state index in [2.05, 4.69) is 32.0 Å². The molecular formula is C16H32N2O. The van der Waals surface area contributed by atoms with Crippen LogP contribution in [0, 0.1) is 0 Å². The van der Waals surface area contributed by atoms with Gasteiger partial charge in [-0.05, 0) is 38.5 Å². The highest BCUT2D eigenvalue weighted by atomic mass is 16.5. The minimum Gasteiger partial charge on any atom is -0.376 e. The zero-order valence-electron chi connectivity index (χ0n) is 13.3. The second-order valence-electron chi connectivity index (χ2n) is 5.59. The van der Waals surface area contributed by atoms with Gasteiger partial charge in [0, 0.05) is 19.9 Å². The molecule has 1 aliphatic rings. The Morgan fingerprint density at radius 3 is 2.58 bits per heavy atom. The molecule has 3 nitrogen and oxygen atoms in total. The van der Waals surface area contributed by atoms with Crippen LogP contribution < -0.4 is 0 Å². The molecule has 0 bridgehead atoms. The molecule has 112 valence electrons. The first-order chi connectivity index (χ1) is 9.24.